The normalized spacial score (nSPS) is 11.3. The summed E-state index contributed by atoms with van der Waals surface area (Å²) >= 11 is 0. The Morgan fingerprint density at radius 1 is 0.957 bits per heavy atom. The second-order valence-electron chi connectivity index (χ2n) is 5.13. The zero-order chi connectivity index (χ0) is 16.5. The molecule has 0 aromatic heterocycles. The van der Waals surface area contributed by atoms with Gasteiger partial charge in [0.2, 0.25) is 0 Å². The van der Waals surface area contributed by atoms with Gasteiger partial charge in [-0.1, -0.05) is 24.3 Å². The molecule has 2 rings (SSSR count). The number of guanidine groups is 1. The predicted octanol–water partition coefficient (Wildman–Crippen LogP) is 3.26. The lowest BCUT2D eigenvalue weighted by Crippen LogP contribution is -2.38. The van der Waals surface area contributed by atoms with Crippen molar-refractivity contribution < 1.29 is 8.78 Å². The van der Waals surface area contributed by atoms with Gasteiger partial charge in [-0.2, -0.15) is 0 Å². The summed E-state index contributed by atoms with van der Waals surface area (Å²) in [6.45, 7) is 3.81. The van der Waals surface area contributed by atoms with E-state index in [0.29, 0.717) is 19.0 Å². The molecule has 0 atom stereocenters. The van der Waals surface area contributed by atoms with Crippen LogP contribution in [0.4, 0.5) is 8.78 Å². The predicted molar refractivity (Wildman–Crippen MR) is 89.3 cm³/mol. The summed E-state index contributed by atoms with van der Waals surface area (Å²) in [6.07, 6.45) is 0.769. The molecular formula is C18H21F2N3. The van der Waals surface area contributed by atoms with Gasteiger partial charge in [0.25, 0.3) is 0 Å². The van der Waals surface area contributed by atoms with Crippen molar-refractivity contribution in [2.75, 3.05) is 13.1 Å². The van der Waals surface area contributed by atoms with Crippen molar-refractivity contribution in [3.8, 4) is 0 Å². The minimum absolute atomic E-state index is 0.230. The smallest absolute Gasteiger partial charge is 0.191 e. The van der Waals surface area contributed by atoms with Gasteiger partial charge in [-0.25, -0.2) is 13.8 Å². The molecule has 0 amide bonds. The van der Waals surface area contributed by atoms with E-state index in [9.17, 15) is 8.78 Å². The third-order valence-corrected chi connectivity index (χ3v) is 3.27. The Bertz CT molecular complexity index is 639. The van der Waals surface area contributed by atoms with Crippen molar-refractivity contribution in [2.24, 2.45) is 4.99 Å². The number of hydrogen-bond donors (Lipinski definition) is 2. The van der Waals surface area contributed by atoms with Gasteiger partial charge in [0.15, 0.2) is 5.96 Å². The van der Waals surface area contributed by atoms with Crippen molar-refractivity contribution >= 4 is 5.96 Å². The van der Waals surface area contributed by atoms with Gasteiger partial charge in [-0.05, 0) is 48.7 Å². The van der Waals surface area contributed by atoms with Crippen molar-refractivity contribution in [2.45, 2.75) is 19.9 Å². The highest BCUT2D eigenvalue weighted by molar-refractivity contribution is 5.79. The maximum atomic E-state index is 13.2. The minimum Gasteiger partial charge on any atom is -0.357 e. The summed E-state index contributed by atoms with van der Waals surface area (Å²) in [6, 6.07) is 12.9. The van der Waals surface area contributed by atoms with Crippen LogP contribution in [-0.2, 0) is 13.0 Å². The second kappa shape index (κ2) is 8.88. The van der Waals surface area contributed by atoms with E-state index in [-0.39, 0.29) is 11.6 Å². The Morgan fingerprint density at radius 3 is 2.43 bits per heavy atom. The number of nitrogens with one attached hydrogen (secondary N) is 2. The standard InChI is InChI=1S/C18H21F2N3/c1-2-21-18(23-13-15-4-3-5-17(20)12-15)22-11-10-14-6-8-16(19)9-7-14/h3-9,12H,2,10-11,13H2,1H3,(H2,21,22,23). The lowest BCUT2D eigenvalue weighted by molar-refractivity contribution is 0.625. The quantitative estimate of drug-likeness (QED) is 0.634. The summed E-state index contributed by atoms with van der Waals surface area (Å²) in [5.41, 5.74) is 1.88. The highest BCUT2D eigenvalue weighted by atomic mass is 19.1. The lowest BCUT2D eigenvalue weighted by Gasteiger charge is -2.11. The van der Waals surface area contributed by atoms with Crippen molar-refractivity contribution in [1.82, 2.24) is 10.6 Å². The van der Waals surface area contributed by atoms with Crippen LogP contribution in [0.1, 0.15) is 18.1 Å². The molecule has 2 aromatic rings. The van der Waals surface area contributed by atoms with E-state index in [2.05, 4.69) is 15.6 Å². The molecule has 2 N–H and O–H groups in total. The van der Waals surface area contributed by atoms with Gasteiger partial charge in [0, 0.05) is 13.1 Å². The first kappa shape index (κ1) is 16.9. The molecule has 0 spiro atoms. The molecule has 0 radical (unpaired) electrons. The van der Waals surface area contributed by atoms with Crippen molar-refractivity contribution in [3.63, 3.8) is 0 Å². The molecule has 0 fully saturated rings. The largest absolute Gasteiger partial charge is 0.357 e. The maximum Gasteiger partial charge on any atom is 0.191 e. The molecular weight excluding hydrogens is 296 g/mol. The van der Waals surface area contributed by atoms with Crippen LogP contribution in [0.15, 0.2) is 53.5 Å². The SMILES string of the molecule is CCNC(=NCc1cccc(F)c1)NCCc1ccc(F)cc1. The highest BCUT2D eigenvalue weighted by Gasteiger charge is 1.99. The van der Waals surface area contributed by atoms with Crippen LogP contribution in [-0.4, -0.2) is 19.0 Å². The molecule has 0 aliphatic rings. The number of nitrogens with zero attached hydrogens (tertiary/aromatic N) is 1. The second-order valence-corrected chi connectivity index (χ2v) is 5.13. The summed E-state index contributed by atoms with van der Waals surface area (Å²) in [5, 5.41) is 6.37. The molecule has 0 saturated carbocycles. The average molecular weight is 317 g/mol. The molecule has 2 aromatic carbocycles. The first-order chi connectivity index (χ1) is 11.2. The Hall–Kier alpha value is -2.43. The Morgan fingerprint density at radius 2 is 1.74 bits per heavy atom. The molecule has 0 saturated heterocycles. The monoisotopic (exact) mass is 317 g/mol. The molecule has 122 valence electrons. The fourth-order valence-electron chi connectivity index (χ4n) is 2.12. The van der Waals surface area contributed by atoms with Crippen molar-refractivity contribution in [3.05, 3.63) is 71.3 Å². The molecule has 0 aliphatic carbocycles. The van der Waals surface area contributed by atoms with Crippen LogP contribution in [0, 0.1) is 11.6 Å². The van der Waals surface area contributed by atoms with E-state index >= 15 is 0 Å². The lowest BCUT2D eigenvalue weighted by atomic mass is 10.1. The zero-order valence-electron chi connectivity index (χ0n) is 13.2. The first-order valence-electron chi connectivity index (χ1n) is 7.68. The molecule has 23 heavy (non-hydrogen) atoms. The number of rotatable bonds is 6. The maximum absolute atomic E-state index is 13.2. The fourth-order valence-corrected chi connectivity index (χ4v) is 2.12. The molecule has 0 aliphatic heterocycles. The zero-order valence-corrected chi connectivity index (χ0v) is 13.2. The van der Waals surface area contributed by atoms with Crippen LogP contribution >= 0.6 is 0 Å². The molecule has 5 heteroatoms. The van der Waals surface area contributed by atoms with E-state index in [4.69, 9.17) is 0 Å². The molecule has 0 bridgehead atoms. The van der Waals surface area contributed by atoms with Gasteiger partial charge >= 0.3 is 0 Å². The first-order valence-corrected chi connectivity index (χ1v) is 7.68. The topological polar surface area (TPSA) is 36.4 Å². The van der Waals surface area contributed by atoms with Gasteiger partial charge in [0.05, 0.1) is 6.54 Å². The van der Waals surface area contributed by atoms with Crippen LogP contribution < -0.4 is 10.6 Å². The van der Waals surface area contributed by atoms with Gasteiger partial charge in [-0.15, -0.1) is 0 Å². The average Bonchev–Trinajstić information content (AvgIpc) is 2.54. The van der Waals surface area contributed by atoms with Crippen molar-refractivity contribution in [1.29, 1.82) is 0 Å². The molecule has 0 heterocycles. The summed E-state index contributed by atoms with van der Waals surface area (Å²) in [5.74, 6) is 0.192. The number of halogens is 2. The third kappa shape index (κ3) is 6.06. The summed E-state index contributed by atoms with van der Waals surface area (Å²) < 4.78 is 26.0. The van der Waals surface area contributed by atoms with Crippen LogP contribution in [0.5, 0.6) is 0 Å². The van der Waals surface area contributed by atoms with Crippen LogP contribution in [0.25, 0.3) is 0 Å². The number of benzene rings is 2. The van der Waals surface area contributed by atoms with E-state index in [0.717, 1.165) is 24.1 Å². The summed E-state index contributed by atoms with van der Waals surface area (Å²) in [7, 11) is 0. The van der Waals surface area contributed by atoms with Gasteiger partial charge in [0.1, 0.15) is 11.6 Å². The molecule has 3 nitrogen and oxygen atoms in total. The minimum atomic E-state index is -0.257. The number of aliphatic imine (C=N–C) groups is 1. The summed E-state index contributed by atoms with van der Waals surface area (Å²) in [4.78, 5) is 4.44. The third-order valence-electron chi connectivity index (χ3n) is 3.27. The van der Waals surface area contributed by atoms with E-state index < -0.39 is 0 Å². The Balaban J connectivity index is 1.87. The van der Waals surface area contributed by atoms with E-state index in [1.807, 2.05) is 13.0 Å². The fraction of sp³-hybridized carbons (Fsp3) is 0.278. The van der Waals surface area contributed by atoms with Gasteiger partial charge in [-0.3, -0.25) is 0 Å². The number of hydrogen-bond acceptors (Lipinski definition) is 1. The highest BCUT2D eigenvalue weighted by Crippen LogP contribution is 2.05. The van der Waals surface area contributed by atoms with Crippen LogP contribution in [0.3, 0.4) is 0 Å². The Labute approximate surface area is 135 Å². The van der Waals surface area contributed by atoms with E-state index in [1.54, 1.807) is 18.2 Å². The molecule has 0 unspecified atom stereocenters. The van der Waals surface area contributed by atoms with Crippen LogP contribution in [0.2, 0.25) is 0 Å². The van der Waals surface area contributed by atoms with Gasteiger partial charge < -0.3 is 10.6 Å². The van der Waals surface area contributed by atoms with E-state index in [1.165, 1.54) is 24.3 Å². The Kier molecular flexibility index (Phi) is 6.54.